The van der Waals surface area contributed by atoms with Crippen molar-refractivity contribution in [2.24, 2.45) is 0 Å². The van der Waals surface area contributed by atoms with Crippen LogP contribution in [-0.2, 0) is 0 Å². The Labute approximate surface area is 74.2 Å². The van der Waals surface area contributed by atoms with E-state index in [0.29, 0.717) is 0 Å². The van der Waals surface area contributed by atoms with Gasteiger partial charge >= 0.3 is 0 Å². The fourth-order valence-electron chi connectivity index (χ4n) is 1.42. The summed E-state index contributed by atoms with van der Waals surface area (Å²) >= 11 is 0. The van der Waals surface area contributed by atoms with Gasteiger partial charge in [-0.1, -0.05) is 0 Å². The van der Waals surface area contributed by atoms with Crippen LogP contribution in [0, 0.1) is 11.6 Å². The summed E-state index contributed by atoms with van der Waals surface area (Å²) in [7, 11) is 0. The van der Waals surface area contributed by atoms with Crippen molar-refractivity contribution in [1.82, 2.24) is 5.32 Å². The summed E-state index contributed by atoms with van der Waals surface area (Å²) in [6, 6.07) is 1.72. The lowest BCUT2D eigenvalue weighted by atomic mass is 9.96. The number of phenols is 1. The van der Waals surface area contributed by atoms with E-state index in [0.717, 1.165) is 25.1 Å². The second kappa shape index (κ2) is 2.96. The van der Waals surface area contributed by atoms with Crippen LogP contribution in [0.15, 0.2) is 12.1 Å². The van der Waals surface area contributed by atoms with Crippen LogP contribution in [0.25, 0.3) is 0 Å². The fraction of sp³-hybridized carbons (Fsp3) is 0.333. The number of hydrogen-bond donors (Lipinski definition) is 2. The van der Waals surface area contributed by atoms with Gasteiger partial charge in [0.25, 0.3) is 0 Å². The molecular formula is C9H9F2NO. The molecule has 2 N–H and O–H groups in total. The van der Waals surface area contributed by atoms with E-state index in [1.54, 1.807) is 0 Å². The Kier molecular flexibility index (Phi) is 1.92. The molecule has 1 heterocycles. The largest absolute Gasteiger partial charge is 0.505 e. The molecule has 1 fully saturated rings. The highest BCUT2D eigenvalue weighted by atomic mass is 19.1. The molecule has 0 radical (unpaired) electrons. The van der Waals surface area contributed by atoms with Gasteiger partial charge in [-0.05, 0) is 25.1 Å². The summed E-state index contributed by atoms with van der Waals surface area (Å²) in [5, 5.41) is 12.2. The molecule has 4 heteroatoms. The first-order chi connectivity index (χ1) is 6.20. The van der Waals surface area contributed by atoms with E-state index in [1.165, 1.54) is 0 Å². The average molecular weight is 185 g/mol. The minimum Gasteiger partial charge on any atom is -0.505 e. The Bertz CT molecular complexity index is 337. The molecule has 0 spiro atoms. The molecule has 1 atom stereocenters. The second-order valence-corrected chi connectivity index (χ2v) is 3.09. The number of rotatable bonds is 1. The van der Waals surface area contributed by atoms with E-state index in [-0.39, 0.29) is 11.6 Å². The highest BCUT2D eigenvalue weighted by molar-refractivity contribution is 5.38. The minimum absolute atomic E-state index is 0.0475. The van der Waals surface area contributed by atoms with Crippen molar-refractivity contribution in [1.29, 1.82) is 0 Å². The van der Waals surface area contributed by atoms with Gasteiger partial charge in [-0.3, -0.25) is 0 Å². The number of aromatic hydroxyl groups is 1. The van der Waals surface area contributed by atoms with Crippen LogP contribution in [-0.4, -0.2) is 11.7 Å². The second-order valence-electron chi connectivity index (χ2n) is 3.09. The first kappa shape index (κ1) is 8.44. The smallest absolute Gasteiger partial charge is 0.165 e. The van der Waals surface area contributed by atoms with E-state index >= 15 is 0 Å². The van der Waals surface area contributed by atoms with Crippen LogP contribution in [0.5, 0.6) is 5.75 Å². The summed E-state index contributed by atoms with van der Waals surface area (Å²) in [5.74, 6) is -1.90. The molecule has 2 nitrogen and oxygen atoms in total. The van der Waals surface area contributed by atoms with Gasteiger partial charge in [0, 0.05) is 11.6 Å². The van der Waals surface area contributed by atoms with E-state index in [2.05, 4.69) is 5.32 Å². The molecule has 0 unspecified atom stereocenters. The third-order valence-electron chi connectivity index (χ3n) is 2.29. The standard InChI is InChI=1S/C9H9F2NO/c10-5-1-2-6(11)9(13)8(5)7-3-4-12-7/h1-2,7,12-13H,3-4H2/t7-/m1/s1. The summed E-state index contributed by atoms with van der Waals surface area (Å²) in [4.78, 5) is 0. The lowest BCUT2D eigenvalue weighted by molar-refractivity contribution is 0.341. The summed E-state index contributed by atoms with van der Waals surface area (Å²) in [6.45, 7) is 0.778. The van der Waals surface area contributed by atoms with Gasteiger partial charge in [-0.25, -0.2) is 8.78 Å². The van der Waals surface area contributed by atoms with E-state index < -0.39 is 17.4 Å². The maximum atomic E-state index is 13.1. The molecule has 0 bridgehead atoms. The molecule has 1 aliphatic heterocycles. The Hall–Kier alpha value is -1.16. The third kappa shape index (κ3) is 1.27. The molecule has 1 aromatic rings. The van der Waals surface area contributed by atoms with E-state index in [1.807, 2.05) is 0 Å². The highest BCUT2D eigenvalue weighted by Gasteiger charge is 2.26. The van der Waals surface area contributed by atoms with Gasteiger partial charge in [0.2, 0.25) is 0 Å². The van der Waals surface area contributed by atoms with Crippen LogP contribution >= 0.6 is 0 Å². The van der Waals surface area contributed by atoms with Crippen molar-refractivity contribution >= 4 is 0 Å². The Balaban J connectivity index is 2.46. The maximum Gasteiger partial charge on any atom is 0.165 e. The van der Waals surface area contributed by atoms with Crippen molar-refractivity contribution in [2.75, 3.05) is 6.54 Å². The minimum atomic E-state index is -0.773. The molecule has 70 valence electrons. The average Bonchev–Trinajstić information content (AvgIpc) is 2.02. The van der Waals surface area contributed by atoms with Crippen LogP contribution < -0.4 is 5.32 Å². The molecule has 0 aromatic heterocycles. The Morgan fingerprint density at radius 2 is 1.92 bits per heavy atom. The van der Waals surface area contributed by atoms with Gasteiger partial charge in [0.05, 0.1) is 0 Å². The third-order valence-corrected chi connectivity index (χ3v) is 2.29. The molecule has 1 saturated heterocycles. The Morgan fingerprint density at radius 1 is 1.31 bits per heavy atom. The van der Waals surface area contributed by atoms with Gasteiger partial charge in [-0.2, -0.15) is 0 Å². The predicted molar refractivity (Wildman–Crippen MR) is 43.4 cm³/mol. The maximum absolute atomic E-state index is 13.1. The predicted octanol–water partition coefficient (Wildman–Crippen LogP) is 1.70. The normalized spacial score (nSPS) is 21.2. The fourth-order valence-corrected chi connectivity index (χ4v) is 1.42. The van der Waals surface area contributed by atoms with Crippen molar-refractivity contribution in [3.8, 4) is 5.75 Å². The highest BCUT2D eigenvalue weighted by Crippen LogP contribution is 2.34. The van der Waals surface area contributed by atoms with E-state index in [4.69, 9.17) is 0 Å². The summed E-state index contributed by atoms with van der Waals surface area (Å²) in [6.07, 6.45) is 0.730. The Morgan fingerprint density at radius 3 is 2.46 bits per heavy atom. The van der Waals surface area contributed by atoms with Crippen LogP contribution in [0.1, 0.15) is 18.0 Å². The number of hydrogen-bond acceptors (Lipinski definition) is 2. The zero-order chi connectivity index (χ0) is 9.42. The molecule has 0 amide bonds. The number of halogens is 2. The van der Waals surface area contributed by atoms with Gasteiger partial charge < -0.3 is 10.4 Å². The quantitative estimate of drug-likeness (QED) is 0.698. The molecule has 13 heavy (non-hydrogen) atoms. The first-order valence-electron chi connectivity index (χ1n) is 4.10. The number of benzene rings is 1. The monoisotopic (exact) mass is 185 g/mol. The van der Waals surface area contributed by atoms with Crippen LogP contribution in [0.3, 0.4) is 0 Å². The SMILES string of the molecule is Oc1c(F)ccc(F)c1[C@H]1CCN1. The lowest BCUT2D eigenvalue weighted by Crippen LogP contribution is -2.35. The molecule has 2 rings (SSSR count). The molecule has 0 saturated carbocycles. The van der Waals surface area contributed by atoms with E-state index in [9.17, 15) is 13.9 Å². The molecule has 1 aromatic carbocycles. The van der Waals surface area contributed by atoms with Gasteiger partial charge in [0.1, 0.15) is 5.82 Å². The molecule has 1 aliphatic rings. The van der Waals surface area contributed by atoms with Crippen molar-refractivity contribution in [3.05, 3.63) is 29.3 Å². The zero-order valence-electron chi connectivity index (χ0n) is 6.85. The number of nitrogens with one attached hydrogen (secondary N) is 1. The van der Waals surface area contributed by atoms with Gasteiger partial charge in [-0.15, -0.1) is 0 Å². The van der Waals surface area contributed by atoms with Gasteiger partial charge in [0.15, 0.2) is 11.6 Å². The molecule has 0 aliphatic carbocycles. The molecular weight excluding hydrogens is 176 g/mol. The van der Waals surface area contributed by atoms with Crippen molar-refractivity contribution < 1.29 is 13.9 Å². The van der Waals surface area contributed by atoms with Crippen LogP contribution in [0.2, 0.25) is 0 Å². The van der Waals surface area contributed by atoms with Crippen molar-refractivity contribution in [2.45, 2.75) is 12.5 Å². The number of phenolic OH excluding ortho intramolecular Hbond substituents is 1. The topological polar surface area (TPSA) is 32.3 Å². The first-order valence-corrected chi connectivity index (χ1v) is 4.10. The summed E-state index contributed by atoms with van der Waals surface area (Å²) in [5.41, 5.74) is 0.0475. The lowest BCUT2D eigenvalue weighted by Gasteiger charge is -2.28. The zero-order valence-corrected chi connectivity index (χ0v) is 6.85. The van der Waals surface area contributed by atoms with Crippen LogP contribution in [0.4, 0.5) is 8.78 Å². The summed E-state index contributed by atoms with van der Waals surface area (Å²) < 4.78 is 26.0. The van der Waals surface area contributed by atoms with Crippen molar-refractivity contribution in [3.63, 3.8) is 0 Å².